The van der Waals surface area contributed by atoms with Crippen molar-refractivity contribution in [3.63, 3.8) is 0 Å². The molecule has 2 bridgehead atoms. The summed E-state index contributed by atoms with van der Waals surface area (Å²) >= 11 is 0. The van der Waals surface area contributed by atoms with Gasteiger partial charge >= 0.3 is 6.18 Å². The monoisotopic (exact) mass is 195 g/mol. The summed E-state index contributed by atoms with van der Waals surface area (Å²) in [6.07, 6.45) is -4.16. The second-order valence-corrected chi connectivity index (χ2v) is 3.96. The normalized spacial score (nSPS) is 45.2. The molecule has 3 unspecified atom stereocenters. The molecule has 3 atom stereocenters. The topological polar surface area (TPSA) is 23.5 Å². The van der Waals surface area contributed by atoms with E-state index in [1.165, 1.54) is 0 Å². The number of hydrogen-bond donors (Lipinski definition) is 1. The summed E-state index contributed by atoms with van der Waals surface area (Å²) in [4.78, 5) is 1.98. The molecule has 0 aromatic heterocycles. The third kappa shape index (κ3) is 1.25. The minimum absolute atomic E-state index is 0.166. The number of hydrogen-bond acceptors (Lipinski definition) is 2. The van der Waals surface area contributed by atoms with Crippen LogP contribution in [0.5, 0.6) is 0 Å². The van der Waals surface area contributed by atoms with Crippen LogP contribution < -0.4 is 0 Å². The molecule has 0 spiro atoms. The average molecular weight is 195 g/mol. The second-order valence-electron chi connectivity index (χ2n) is 3.96. The fourth-order valence-electron chi connectivity index (χ4n) is 2.33. The lowest BCUT2D eigenvalue weighted by atomic mass is 9.81. The van der Waals surface area contributed by atoms with Crippen molar-refractivity contribution in [1.82, 2.24) is 4.90 Å². The molecule has 0 aliphatic carbocycles. The van der Waals surface area contributed by atoms with Crippen LogP contribution in [0.4, 0.5) is 13.2 Å². The molecule has 2 fully saturated rings. The van der Waals surface area contributed by atoms with Crippen LogP contribution in [0.1, 0.15) is 12.8 Å². The molecule has 2 aliphatic heterocycles. The van der Waals surface area contributed by atoms with E-state index in [2.05, 4.69) is 0 Å². The van der Waals surface area contributed by atoms with E-state index in [0.29, 0.717) is 26.1 Å². The minimum Gasteiger partial charge on any atom is -0.380 e. The number of aliphatic hydroxyl groups is 1. The molecule has 2 heterocycles. The van der Waals surface area contributed by atoms with Crippen molar-refractivity contribution in [3.8, 4) is 0 Å². The Kier molecular flexibility index (Phi) is 1.86. The molecule has 0 aromatic carbocycles. The van der Waals surface area contributed by atoms with E-state index in [4.69, 9.17) is 0 Å². The first-order chi connectivity index (χ1) is 5.93. The molecule has 2 nitrogen and oxygen atoms in total. The lowest BCUT2D eigenvalue weighted by molar-refractivity contribution is -0.285. The maximum absolute atomic E-state index is 12.5. The Hall–Kier alpha value is -0.290. The largest absolute Gasteiger partial charge is 0.417 e. The predicted octanol–water partition coefficient (Wildman–Crippen LogP) is 1.01. The summed E-state index contributed by atoms with van der Waals surface area (Å²) in [6.45, 7) is 1.46. The van der Waals surface area contributed by atoms with Crippen LogP contribution in [0.2, 0.25) is 0 Å². The first-order valence-electron chi connectivity index (χ1n) is 4.45. The highest BCUT2D eigenvalue weighted by Gasteiger charge is 2.61. The fraction of sp³-hybridized carbons (Fsp3) is 1.00. The van der Waals surface area contributed by atoms with Crippen LogP contribution in [0.3, 0.4) is 0 Å². The zero-order chi connectivity index (χ0) is 9.69. The van der Waals surface area contributed by atoms with E-state index in [-0.39, 0.29) is 6.42 Å². The van der Waals surface area contributed by atoms with Crippen LogP contribution in [-0.2, 0) is 0 Å². The smallest absolute Gasteiger partial charge is 0.380 e. The van der Waals surface area contributed by atoms with Gasteiger partial charge in [-0.25, -0.2) is 0 Å². The lowest BCUT2D eigenvalue weighted by Crippen LogP contribution is -2.56. The van der Waals surface area contributed by atoms with Crippen LogP contribution in [0.15, 0.2) is 0 Å². The molecule has 5 heteroatoms. The van der Waals surface area contributed by atoms with Gasteiger partial charge in [0.25, 0.3) is 0 Å². The Labute approximate surface area is 74.3 Å². The van der Waals surface area contributed by atoms with E-state index in [0.717, 1.165) is 0 Å². The Morgan fingerprint density at radius 1 is 1.31 bits per heavy atom. The van der Waals surface area contributed by atoms with E-state index >= 15 is 0 Å². The molecule has 13 heavy (non-hydrogen) atoms. The minimum atomic E-state index is -4.46. The van der Waals surface area contributed by atoms with E-state index in [1.807, 2.05) is 4.90 Å². The van der Waals surface area contributed by atoms with Crippen molar-refractivity contribution in [1.29, 1.82) is 0 Å². The van der Waals surface area contributed by atoms with Crippen LogP contribution >= 0.6 is 0 Å². The van der Waals surface area contributed by atoms with Gasteiger partial charge in [-0.2, -0.15) is 13.2 Å². The molecule has 0 aromatic rings. The summed E-state index contributed by atoms with van der Waals surface area (Å²) in [6, 6.07) is 0. The molecule has 2 aliphatic rings. The SMILES string of the molecule is OC1(C(F)(F)F)CCN2CCC1C2. The highest BCUT2D eigenvalue weighted by molar-refractivity contribution is 5.01. The molecular formula is C8H12F3NO. The summed E-state index contributed by atoms with van der Waals surface area (Å²) in [5.41, 5.74) is -2.42. The molecule has 2 rings (SSSR count). The summed E-state index contributed by atoms with van der Waals surface area (Å²) in [5.74, 6) is -0.610. The zero-order valence-electron chi connectivity index (χ0n) is 7.14. The van der Waals surface area contributed by atoms with Gasteiger partial charge in [0.2, 0.25) is 0 Å². The van der Waals surface area contributed by atoms with Gasteiger partial charge < -0.3 is 10.0 Å². The maximum Gasteiger partial charge on any atom is 0.417 e. The molecular weight excluding hydrogens is 183 g/mol. The Morgan fingerprint density at radius 3 is 2.62 bits per heavy atom. The van der Waals surface area contributed by atoms with Gasteiger partial charge in [0.1, 0.15) is 0 Å². The van der Waals surface area contributed by atoms with E-state index in [1.54, 1.807) is 0 Å². The van der Waals surface area contributed by atoms with Gasteiger partial charge in [-0.3, -0.25) is 0 Å². The maximum atomic E-state index is 12.5. The first-order valence-corrected chi connectivity index (χ1v) is 4.45. The van der Waals surface area contributed by atoms with Crippen LogP contribution in [0, 0.1) is 5.92 Å². The highest BCUT2D eigenvalue weighted by Crippen LogP contribution is 2.45. The van der Waals surface area contributed by atoms with E-state index < -0.39 is 17.7 Å². The van der Waals surface area contributed by atoms with Crippen molar-refractivity contribution >= 4 is 0 Å². The van der Waals surface area contributed by atoms with Gasteiger partial charge in [0.05, 0.1) is 0 Å². The number of rotatable bonds is 0. The molecule has 1 N–H and O–H groups in total. The van der Waals surface area contributed by atoms with Gasteiger partial charge in [-0.15, -0.1) is 0 Å². The molecule has 2 saturated heterocycles. The van der Waals surface area contributed by atoms with Crippen molar-refractivity contribution in [2.45, 2.75) is 24.6 Å². The van der Waals surface area contributed by atoms with Gasteiger partial charge in [0, 0.05) is 19.0 Å². The van der Waals surface area contributed by atoms with Crippen molar-refractivity contribution in [2.75, 3.05) is 19.6 Å². The Balaban J connectivity index is 2.22. The van der Waals surface area contributed by atoms with Gasteiger partial charge in [-0.05, 0) is 19.4 Å². The zero-order valence-corrected chi connectivity index (χ0v) is 7.14. The highest BCUT2D eigenvalue weighted by atomic mass is 19.4. The van der Waals surface area contributed by atoms with Crippen molar-refractivity contribution in [3.05, 3.63) is 0 Å². The summed E-state index contributed by atoms with van der Waals surface area (Å²) < 4.78 is 37.5. The lowest BCUT2D eigenvalue weighted by Gasteiger charge is -2.39. The van der Waals surface area contributed by atoms with Crippen molar-refractivity contribution in [2.24, 2.45) is 5.92 Å². The average Bonchev–Trinajstić information content (AvgIpc) is 2.41. The molecule has 76 valence electrons. The standard InChI is InChI=1S/C8H12F3NO/c9-8(10,11)7(13)2-4-12-3-1-6(7)5-12/h6,13H,1-5H2. The number of fused-ring (bicyclic) bond motifs is 2. The van der Waals surface area contributed by atoms with Gasteiger partial charge in [0.15, 0.2) is 5.60 Å². The number of nitrogens with zero attached hydrogens (tertiary/aromatic N) is 1. The second kappa shape index (κ2) is 2.60. The first kappa shape index (κ1) is 9.27. The number of piperidine rings is 1. The Morgan fingerprint density at radius 2 is 2.00 bits per heavy atom. The van der Waals surface area contributed by atoms with Crippen LogP contribution in [0.25, 0.3) is 0 Å². The fourth-order valence-corrected chi connectivity index (χ4v) is 2.33. The summed E-state index contributed by atoms with van der Waals surface area (Å²) in [5, 5.41) is 9.54. The molecule has 0 amide bonds. The quantitative estimate of drug-likeness (QED) is 0.623. The Bertz CT molecular complexity index is 218. The predicted molar refractivity (Wildman–Crippen MR) is 40.2 cm³/mol. The molecule has 0 radical (unpaired) electrons. The van der Waals surface area contributed by atoms with E-state index in [9.17, 15) is 18.3 Å². The third-order valence-electron chi connectivity index (χ3n) is 3.25. The van der Waals surface area contributed by atoms with Crippen LogP contribution in [-0.4, -0.2) is 41.4 Å². The van der Waals surface area contributed by atoms with Gasteiger partial charge in [-0.1, -0.05) is 0 Å². The summed E-state index contributed by atoms with van der Waals surface area (Å²) in [7, 11) is 0. The van der Waals surface area contributed by atoms with Crippen molar-refractivity contribution < 1.29 is 18.3 Å². The third-order valence-corrected chi connectivity index (χ3v) is 3.25. The molecule has 0 saturated carbocycles. The number of halogens is 3. The number of alkyl halides is 3.